The van der Waals surface area contributed by atoms with Crippen molar-refractivity contribution in [2.24, 2.45) is 0 Å². The van der Waals surface area contributed by atoms with Gasteiger partial charge in [0.25, 0.3) is 5.91 Å². The van der Waals surface area contributed by atoms with Gasteiger partial charge in [-0.2, -0.15) is 0 Å². The lowest BCUT2D eigenvalue weighted by molar-refractivity contribution is 0.0910. The summed E-state index contributed by atoms with van der Waals surface area (Å²) in [4.78, 5) is 16.4. The standard InChI is InChI=1S/C15H16N2O/c1-15(2,13-10-6-7-11-16-13)17-14(18)12-8-4-3-5-9-12/h3-11H,1-2H3,(H,17,18). The van der Waals surface area contributed by atoms with E-state index in [1.807, 2.05) is 50.2 Å². The molecule has 1 amide bonds. The van der Waals surface area contributed by atoms with Gasteiger partial charge in [0, 0.05) is 11.8 Å². The first kappa shape index (κ1) is 12.3. The fourth-order valence-electron chi connectivity index (χ4n) is 1.74. The monoisotopic (exact) mass is 240 g/mol. The Hall–Kier alpha value is -2.16. The third-order valence-electron chi connectivity index (χ3n) is 2.77. The Morgan fingerprint density at radius 1 is 1.06 bits per heavy atom. The van der Waals surface area contributed by atoms with E-state index >= 15 is 0 Å². The van der Waals surface area contributed by atoms with Crippen LogP contribution in [0.2, 0.25) is 0 Å². The maximum atomic E-state index is 12.1. The summed E-state index contributed by atoms with van der Waals surface area (Å²) in [5, 5.41) is 2.99. The van der Waals surface area contributed by atoms with E-state index in [1.54, 1.807) is 18.3 Å². The average molecular weight is 240 g/mol. The van der Waals surface area contributed by atoms with Crippen LogP contribution in [-0.2, 0) is 5.54 Å². The van der Waals surface area contributed by atoms with Crippen LogP contribution < -0.4 is 5.32 Å². The molecule has 0 aliphatic rings. The van der Waals surface area contributed by atoms with Gasteiger partial charge < -0.3 is 5.32 Å². The van der Waals surface area contributed by atoms with Crippen molar-refractivity contribution in [3.05, 3.63) is 66.0 Å². The zero-order valence-corrected chi connectivity index (χ0v) is 10.6. The number of pyridine rings is 1. The quantitative estimate of drug-likeness (QED) is 0.896. The number of nitrogens with zero attached hydrogens (tertiary/aromatic N) is 1. The lowest BCUT2D eigenvalue weighted by Gasteiger charge is -2.25. The van der Waals surface area contributed by atoms with Gasteiger partial charge in [-0.3, -0.25) is 9.78 Å². The van der Waals surface area contributed by atoms with Crippen molar-refractivity contribution in [1.29, 1.82) is 0 Å². The van der Waals surface area contributed by atoms with Gasteiger partial charge in [-0.15, -0.1) is 0 Å². The molecule has 1 N–H and O–H groups in total. The maximum absolute atomic E-state index is 12.1. The van der Waals surface area contributed by atoms with E-state index in [1.165, 1.54) is 0 Å². The second-order valence-corrected chi connectivity index (χ2v) is 4.66. The minimum atomic E-state index is -0.492. The normalized spacial score (nSPS) is 11.0. The molecule has 0 unspecified atom stereocenters. The SMILES string of the molecule is CC(C)(NC(=O)c1ccccc1)c1ccccn1. The van der Waals surface area contributed by atoms with E-state index in [4.69, 9.17) is 0 Å². The number of carbonyl (C=O) groups excluding carboxylic acids is 1. The van der Waals surface area contributed by atoms with E-state index < -0.39 is 5.54 Å². The number of aromatic nitrogens is 1. The summed E-state index contributed by atoms with van der Waals surface area (Å²) < 4.78 is 0. The summed E-state index contributed by atoms with van der Waals surface area (Å²) in [5.41, 5.74) is 1.00. The lowest BCUT2D eigenvalue weighted by Crippen LogP contribution is -2.41. The highest BCUT2D eigenvalue weighted by Gasteiger charge is 2.24. The number of nitrogens with one attached hydrogen (secondary N) is 1. The summed E-state index contributed by atoms with van der Waals surface area (Å²) in [6.07, 6.45) is 1.73. The third-order valence-corrected chi connectivity index (χ3v) is 2.77. The summed E-state index contributed by atoms with van der Waals surface area (Å²) in [7, 11) is 0. The van der Waals surface area contributed by atoms with Crippen LogP contribution in [0, 0.1) is 0 Å². The van der Waals surface area contributed by atoms with Crippen molar-refractivity contribution in [2.75, 3.05) is 0 Å². The minimum absolute atomic E-state index is 0.0914. The van der Waals surface area contributed by atoms with Crippen molar-refractivity contribution in [2.45, 2.75) is 19.4 Å². The van der Waals surface area contributed by atoms with Gasteiger partial charge in [0.1, 0.15) is 0 Å². The molecular weight excluding hydrogens is 224 g/mol. The fraction of sp³-hybridized carbons (Fsp3) is 0.200. The molecule has 0 aliphatic carbocycles. The molecule has 0 saturated carbocycles. The maximum Gasteiger partial charge on any atom is 0.252 e. The van der Waals surface area contributed by atoms with Crippen molar-refractivity contribution < 1.29 is 4.79 Å². The van der Waals surface area contributed by atoms with Gasteiger partial charge in [0.15, 0.2) is 0 Å². The molecule has 0 saturated heterocycles. The zero-order chi connectivity index (χ0) is 13.0. The van der Waals surface area contributed by atoms with Gasteiger partial charge in [-0.25, -0.2) is 0 Å². The van der Waals surface area contributed by atoms with E-state index in [9.17, 15) is 4.79 Å². The predicted molar refractivity (Wildman–Crippen MR) is 71.2 cm³/mol. The molecule has 0 radical (unpaired) electrons. The first-order valence-electron chi connectivity index (χ1n) is 5.89. The lowest BCUT2D eigenvalue weighted by atomic mass is 9.99. The van der Waals surface area contributed by atoms with Gasteiger partial charge in [0.05, 0.1) is 11.2 Å². The molecular formula is C15H16N2O. The molecule has 1 heterocycles. The van der Waals surface area contributed by atoms with Gasteiger partial charge in [-0.05, 0) is 38.1 Å². The predicted octanol–water partition coefficient (Wildman–Crippen LogP) is 2.75. The minimum Gasteiger partial charge on any atom is -0.342 e. The zero-order valence-electron chi connectivity index (χ0n) is 10.6. The first-order chi connectivity index (χ1) is 8.59. The number of hydrogen-bond acceptors (Lipinski definition) is 2. The van der Waals surface area contributed by atoms with E-state index in [-0.39, 0.29) is 5.91 Å². The number of rotatable bonds is 3. The molecule has 0 bridgehead atoms. The van der Waals surface area contributed by atoms with Crippen LogP contribution in [0.4, 0.5) is 0 Å². The molecule has 1 aromatic carbocycles. The molecule has 0 spiro atoms. The van der Waals surface area contributed by atoms with E-state index in [0.29, 0.717) is 5.56 Å². The van der Waals surface area contributed by atoms with Crippen LogP contribution in [0.1, 0.15) is 29.9 Å². The summed E-state index contributed by atoms with van der Waals surface area (Å²) >= 11 is 0. The Morgan fingerprint density at radius 3 is 2.33 bits per heavy atom. The highest BCUT2D eigenvalue weighted by Crippen LogP contribution is 2.17. The number of carbonyl (C=O) groups is 1. The molecule has 0 aliphatic heterocycles. The fourth-order valence-corrected chi connectivity index (χ4v) is 1.74. The first-order valence-corrected chi connectivity index (χ1v) is 5.89. The second kappa shape index (κ2) is 5.00. The molecule has 0 fully saturated rings. The molecule has 92 valence electrons. The number of benzene rings is 1. The highest BCUT2D eigenvalue weighted by molar-refractivity contribution is 5.94. The molecule has 3 heteroatoms. The molecule has 2 aromatic rings. The van der Waals surface area contributed by atoms with Crippen molar-refractivity contribution in [3.8, 4) is 0 Å². The average Bonchev–Trinajstić information content (AvgIpc) is 2.40. The van der Waals surface area contributed by atoms with Gasteiger partial charge in [0.2, 0.25) is 0 Å². The number of amides is 1. The summed E-state index contributed by atoms with van der Waals surface area (Å²) in [6.45, 7) is 3.88. The Bertz CT molecular complexity index is 521. The summed E-state index contributed by atoms with van der Waals surface area (Å²) in [5.74, 6) is -0.0914. The molecule has 18 heavy (non-hydrogen) atoms. The van der Waals surface area contributed by atoms with E-state index in [0.717, 1.165) is 5.69 Å². The Labute approximate surface area is 107 Å². The van der Waals surface area contributed by atoms with Crippen LogP contribution in [0.25, 0.3) is 0 Å². The summed E-state index contributed by atoms with van der Waals surface area (Å²) in [6, 6.07) is 14.9. The van der Waals surface area contributed by atoms with Crippen LogP contribution >= 0.6 is 0 Å². The largest absolute Gasteiger partial charge is 0.342 e. The smallest absolute Gasteiger partial charge is 0.252 e. The molecule has 0 atom stereocenters. The third kappa shape index (κ3) is 2.74. The van der Waals surface area contributed by atoms with Crippen LogP contribution in [-0.4, -0.2) is 10.9 Å². The Morgan fingerprint density at radius 2 is 1.72 bits per heavy atom. The molecule has 3 nitrogen and oxygen atoms in total. The van der Waals surface area contributed by atoms with Crippen molar-refractivity contribution >= 4 is 5.91 Å². The van der Waals surface area contributed by atoms with Gasteiger partial charge in [-0.1, -0.05) is 24.3 Å². The van der Waals surface area contributed by atoms with Crippen LogP contribution in [0.5, 0.6) is 0 Å². The molecule has 1 aromatic heterocycles. The van der Waals surface area contributed by atoms with Crippen molar-refractivity contribution in [1.82, 2.24) is 10.3 Å². The topological polar surface area (TPSA) is 42.0 Å². The van der Waals surface area contributed by atoms with Crippen LogP contribution in [0.15, 0.2) is 54.7 Å². The van der Waals surface area contributed by atoms with Crippen LogP contribution in [0.3, 0.4) is 0 Å². The Kier molecular flexibility index (Phi) is 3.42. The van der Waals surface area contributed by atoms with E-state index in [2.05, 4.69) is 10.3 Å². The van der Waals surface area contributed by atoms with Crippen molar-refractivity contribution in [3.63, 3.8) is 0 Å². The second-order valence-electron chi connectivity index (χ2n) is 4.66. The Balaban J connectivity index is 2.17. The van der Waals surface area contributed by atoms with Gasteiger partial charge >= 0.3 is 0 Å². The highest BCUT2D eigenvalue weighted by atomic mass is 16.1. The molecule has 2 rings (SSSR count). The number of hydrogen-bond donors (Lipinski definition) is 1.